The Morgan fingerprint density at radius 2 is 2.03 bits per heavy atom. The molecule has 7 nitrogen and oxygen atoms in total. The van der Waals surface area contributed by atoms with Gasteiger partial charge in [0.25, 0.3) is 0 Å². The lowest BCUT2D eigenvalue weighted by Crippen LogP contribution is -2.40. The summed E-state index contributed by atoms with van der Waals surface area (Å²) in [5.41, 5.74) is 1.79. The van der Waals surface area contributed by atoms with Crippen LogP contribution in [-0.2, 0) is 24.5 Å². The van der Waals surface area contributed by atoms with E-state index in [9.17, 15) is 12.6 Å². The summed E-state index contributed by atoms with van der Waals surface area (Å²) in [5.74, 6) is 0.878. The molecule has 0 aliphatic carbocycles. The highest BCUT2D eigenvalue weighted by molar-refractivity contribution is 7.92. The number of fused-ring (bicyclic) bond motifs is 1. The molecule has 0 amide bonds. The molecule has 35 heavy (non-hydrogen) atoms. The molecule has 3 rings (SSSR count). The number of benzene rings is 1. The first kappa shape index (κ1) is 27.9. The minimum atomic E-state index is -3.77. The van der Waals surface area contributed by atoms with Gasteiger partial charge in [0.2, 0.25) is 10.0 Å². The first-order valence-electron chi connectivity index (χ1n) is 12.6. The van der Waals surface area contributed by atoms with Crippen molar-refractivity contribution in [1.82, 2.24) is 4.31 Å². The van der Waals surface area contributed by atoms with Crippen molar-refractivity contribution in [3.8, 4) is 0 Å². The number of anilines is 1. The molecule has 1 fully saturated rings. The third-order valence-electron chi connectivity index (χ3n) is 6.72. The molecule has 1 N–H and O–H groups in total. The van der Waals surface area contributed by atoms with Gasteiger partial charge < -0.3 is 9.64 Å². The van der Waals surface area contributed by atoms with E-state index >= 15 is 0 Å². The number of nitrogens with one attached hydrogen (secondary N) is 1. The molecule has 0 aromatic heterocycles. The highest BCUT2D eigenvalue weighted by Crippen LogP contribution is 2.35. The summed E-state index contributed by atoms with van der Waals surface area (Å²) in [6, 6.07) is 4.78. The molecule has 1 aromatic carbocycles. The van der Waals surface area contributed by atoms with E-state index in [2.05, 4.69) is 11.8 Å². The Balaban J connectivity index is 1.95. The predicted octanol–water partition coefficient (Wildman–Crippen LogP) is 4.90. The SMILES string of the molecule is C/C=C(\C=C/CN(CC(C)C)S(=O)(=O)c1ccc2c(c1)N(CC1CCOCC1)CCS2(=N)=O)CC. The van der Waals surface area contributed by atoms with Crippen LogP contribution in [0.5, 0.6) is 0 Å². The number of nitrogens with zero attached hydrogens (tertiary/aromatic N) is 2. The summed E-state index contributed by atoms with van der Waals surface area (Å²) in [7, 11) is -6.71. The second kappa shape index (κ2) is 12.0. The quantitative estimate of drug-likeness (QED) is 0.441. The van der Waals surface area contributed by atoms with Crippen LogP contribution in [0.4, 0.5) is 5.69 Å². The minimum absolute atomic E-state index is 0.167. The van der Waals surface area contributed by atoms with Gasteiger partial charge in [0.1, 0.15) is 0 Å². The van der Waals surface area contributed by atoms with E-state index in [0.717, 1.165) is 44.6 Å². The third-order valence-corrected chi connectivity index (χ3v) is 10.4. The van der Waals surface area contributed by atoms with Crippen molar-refractivity contribution in [2.45, 2.75) is 56.7 Å². The Morgan fingerprint density at radius 3 is 2.66 bits per heavy atom. The average molecular weight is 524 g/mol. The summed E-state index contributed by atoms with van der Waals surface area (Å²) in [4.78, 5) is 2.78. The molecule has 9 heteroatoms. The zero-order valence-electron chi connectivity index (χ0n) is 21.5. The van der Waals surface area contributed by atoms with Gasteiger partial charge in [-0.3, -0.25) is 0 Å². The molecular formula is C26H41N3O4S2. The molecule has 196 valence electrons. The standard InChI is InChI=1S/C26H41N3O4S2/c1-5-22(6-2)8-7-13-29(19-21(3)4)35(31,32)24-9-10-26-25(18-24)28(14-17-34(26,27)30)20-23-11-15-33-16-12-23/h5,7-10,18,21,23,27H,6,11-17,19-20H2,1-4H3/b8-7-,22-5-. The molecule has 1 saturated heterocycles. The number of hydrogen-bond acceptors (Lipinski definition) is 6. The number of sulfonamides is 1. The molecule has 1 atom stereocenters. The van der Waals surface area contributed by atoms with Crippen molar-refractivity contribution in [2.24, 2.45) is 11.8 Å². The van der Waals surface area contributed by atoms with Crippen LogP contribution >= 0.6 is 0 Å². The van der Waals surface area contributed by atoms with E-state index in [-0.39, 0.29) is 23.1 Å². The Labute approximate surface area is 212 Å². The van der Waals surface area contributed by atoms with Crippen LogP contribution < -0.4 is 4.90 Å². The fraction of sp³-hybridized carbons (Fsp3) is 0.615. The fourth-order valence-electron chi connectivity index (χ4n) is 4.65. The molecule has 0 saturated carbocycles. The lowest BCUT2D eigenvalue weighted by molar-refractivity contribution is 0.0682. The topological polar surface area (TPSA) is 90.8 Å². The van der Waals surface area contributed by atoms with E-state index in [1.54, 1.807) is 12.1 Å². The van der Waals surface area contributed by atoms with Crippen LogP contribution in [0.2, 0.25) is 0 Å². The van der Waals surface area contributed by atoms with Crippen LogP contribution in [0, 0.1) is 16.6 Å². The van der Waals surface area contributed by atoms with Crippen molar-refractivity contribution in [1.29, 1.82) is 4.78 Å². The van der Waals surface area contributed by atoms with Crippen molar-refractivity contribution < 1.29 is 17.4 Å². The van der Waals surface area contributed by atoms with Crippen LogP contribution in [0.25, 0.3) is 0 Å². The lowest BCUT2D eigenvalue weighted by atomic mass is 9.99. The predicted molar refractivity (Wildman–Crippen MR) is 143 cm³/mol. The summed E-state index contributed by atoms with van der Waals surface area (Å²) in [6.07, 6.45) is 8.74. The lowest BCUT2D eigenvalue weighted by Gasteiger charge is -2.36. The van der Waals surface area contributed by atoms with E-state index in [0.29, 0.717) is 29.6 Å². The van der Waals surface area contributed by atoms with Gasteiger partial charge in [-0.15, -0.1) is 0 Å². The second-order valence-corrected chi connectivity index (χ2v) is 14.0. The maximum absolute atomic E-state index is 13.8. The Morgan fingerprint density at radius 1 is 1.31 bits per heavy atom. The van der Waals surface area contributed by atoms with E-state index in [1.807, 2.05) is 39.0 Å². The van der Waals surface area contributed by atoms with Crippen LogP contribution in [-0.4, -0.2) is 62.1 Å². The first-order valence-corrected chi connectivity index (χ1v) is 15.8. The Hall–Kier alpha value is -1.68. The van der Waals surface area contributed by atoms with Gasteiger partial charge in [-0.1, -0.05) is 44.6 Å². The molecule has 1 aromatic rings. The van der Waals surface area contributed by atoms with E-state index in [1.165, 1.54) is 10.4 Å². The minimum Gasteiger partial charge on any atom is -0.381 e. The van der Waals surface area contributed by atoms with Crippen molar-refractivity contribution in [2.75, 3.05) is 50.0 Å². The number of allylic oxidation sites excluding steroid dienone is 3. The van der Waals surface area contributed by atoms with Crippen molar-refractivity contribution >= 4 is 25.4 Å². The summed E-state index contributed by atoms with van der Waals surface area (Å²) >= 11 is 0. The van der Waals surface area contributed by atoms with E-state index in [4.69, 9.17) is 9.52 Å². The largest absolute Gasteiger partial charge is 0.381 e. The smallest absolute Gasteiger partial charge is 0.243 e. The number of rotatable bonds is 10. The van der Waals surface area contributed by atoms with Gasteiger partial charge in [0, 0.05) is 39.4 Å². The molecule has 1 unspecified atom stereocenters. The monoisotopic (exact) mass is 523 g/mol. The molecule has 0 bridgehead atoms. The third kappa shape index (κ3) is 6.96. The maximum atomic E-state index is 13.8. The average Bonchev–Trinajstić information content (AvgIpc) is 2.83. The molecule has 2 heterocycles. The molecule has 0 radical (unpaired) electrons. The Kier molecular flexibility index (Phi) is 9.60. The van der Waals surface area contributed by atoms with E-state index < -0.39 is 19.8 Å². The summed E-state index contributed by atoms with van der Waals surface area (Å²) < 4.78 is 55.9. The van der Waals surface area contributed by atoms with Gasteiger partial charge in [-0.25, -0.2) is 17.4 Å². The highest BCUT2D eigenvalue weighted by atomic mass is 32.2. The van der Waals surface area contributed by atoms with Gasteiger partial charge in [0.15, 0.2) is 0 Å². The van der Waals surface area contributed by atoms with Gasteiger partial charge in [-0.05, 0) is 56.2 Å². The van der Waals surface area contributed by atoms with Crippen LogP contribution in [0.1, 0.15) is 47.0 Å². The molecular weight excluding hydrogens is 482 g/mol. The maximum Gasteiger partial charge on any atom is 0.243 e. The highest BCUT2D eigenvalue weighted by Gasteiger charge is 2.31. The number of hydrogen-bond donors (Lipinski definition) is 1. The molecule has 0 spiro atoms. The molecule has 2 aliphatic heterocycles. The fourth-order valence-corrected chi connectivity index (χ4v) is 7.74. The second-order valence-electron chi connectivity index (χ2n) is 9.85. The molecule has 2 aliphatic rings. The van der Waals surface area contributed by atoms with Gasteiger partial charge in [0.05, 0.1) is 31.0 Å². The van der Waals surface area contributed by atoms with Crippen molar-refractivity contribution in [3.05, 3.63) is 42.0 Å². The van der Waals surface area contributed by atoms with Crippen molar-refractivity contribution in [3.63, 3.8) is 0 Å². The zero-order valence-corrected chi connectivity index (χ0v) is 23.2. The summed E-state index contributed by atoms with van der Waals surface area (Å²) in [6.45, 7) is 11.5. The first-order chi connectivity index (χ1) is 16.6. The zero-order chi connectivity index (χ0) is 25.6. The van der Waals surface area contributed by atoms with Crippen LogP contribution in [0.15, 0.2) is 51.8 Å². The normalized spacial score (nSPS) is 22.3. The number of ether oxygens (including phenoxy) is 1. The summed E-state index contributed by atoms with van der Waals surface area (Å²) in [5, 5.41) is 0. The van der Waals surface area contributed by atoms with Gasteiger partial charge >= 0.3 is 0 Å². The Bertz CT molecular complexity index is 1140. The van der Waals surface area contributed by atoms with Gasteiger partial charge in [-0.2, -0.15) is 4.31 Å². The van der Waals surface area contributed by atoms with Crippen LogP contribution in [0.3, 0.4) is 0 Å².